The van der Waals surface area contributed by atoms with Crippen molar-refractivity contribution in [3.63, 3.8) is 0 Å². The van der Waals surface area contributed by atoms with Crippen LogP contribution in [-0.4, -0.2) is 90.1 Å². The van der Waals surface area contributed by atoms with Gasteiger partial charge in [-0.2, -0.15) is 0 Å². The highest BCUT2D eigenvalue weighted by Crippen LogP contribution is 2.24. The van der Waals surface area contributed by atoms with Crippen molar-refractivity contribution < 1.29 is 38.2 Å². The smallest absolute Gasteiger partial charge is 0.407 e. The number of hydrogen-bond acceptors (Lipinski definition) is 10. The third-order valence-electron chi connectivity index (χ3n) is 6.23. The van der Waals surface area contributed by atoms with Crippen molar-refractivity contribution in [2.45, 2.75) is 96.6 Å². The number of nitrogens with one attached hydrogen (secondary N) is 5. The van der Waals surface area contributed by atoms with Crippen LogP contribution in [0.25, 0.3) is 0 Å². The molecule has 1 unspecified atom stereocenters. The van der Waals surface area contributed by atoms with Crippen molar-refractivity contribution in [3.05, 3.63) is 12.2 Å². The van der Waals surface area contributed by atoms with Gasteiger partial charge in [0.15, 0.2) is 0 Å². The minimum atomic E-state index is -0.996. The van der Waals surface area contributed by atoms with Gasteiger partial charge in [-0.25, -0.2) is 4.79 Å². The molecular weight excluding hydrogens is 598 g/mol. The maximum atomic E-state index is 13.5. The first-order chi connectivity index (χ1) is 20.2. The van der Waals surface area contributed by atoms with Gasteiger partial charge in [0, 0.05) is 18.1 Å². The Labute approximate surface area is 260 Å². The monoisotopic (exact) mass is 643 g/mol. The van der Waals surface area contributed by atoms with Gasteiger partial charge in [0.1, 0.15) is 36.4 Å². The first-order valence-electron chi connectivity index (χ1n) is 14.5. The van der Waals surface area contributed by atoms with Gasteiger partial charge in [-0.1, -0.05) is 41.5 Å². The van der Waals surface area contributed by atoms with Gasteiger partial charge in [0.25, 0.3) is 0 Å². The van der Waals surface area contributed by atoms with Crippen LogP contribution < -0.4 is 26.6 Å². The van der Waals surface area contributed by atoms with E-state index in [0.717, 1.165) is 0 Å². The van der Waals surface area contributed by atoms with Crippen LogP contribution in [0, 0.1) is 5.92 Å². The molecule has 13 nitrogen and oxygen atoms in total. The number of esters is 1. The second-order valence-electron chi connectivity index (χ2n) is 11.6. The van der Waals surface area contributed by atoms with Crippen molar-refractivity contribution in [1.82, 2.24) is 26.6 Å². The number of allylic oxidation sites excluding steroid dienone is 1. The lowest BCUT2D eigenvalue weighted by Crippen LogP contribution is -2.59. The minimum Gasteiger partial charge on any atom is -0.456 e. The number of unbranched alkanes of at least 4 members (excludes halogenated alkanes) is 1. The zero-order valence-electron chi connectivity index (χ0n) is 25.5. The van der Waals surface area contributed by atoms with Crippen molar-refractivity contribution in [1.29, 1.82) is 0 Å². The average molecular weight is 644 g/mol. The summed E-state index contributed by atoms with van der Waals surface area (Å²) in [5, 5.41) is 13.4. The molecule has 0 radical (unpaired) electrons. The van der Waals surface area contributed by atoms with Crippen LogP contribution in [0.15, 0.2) is 12.2 Å². The second-order valence-corrected chi connectivity index (χ2v) is 14.2. The van der Waals surface area contributed by atoms with E-state index in [9.17, 15) is 28.8 Å². The molecule has 2 rings (SSSR count). The van der Waals surface area contributed by atoms with Gasteiger partial charge in [-0.15, -0.1) is 0 Å². The number of ether oxygens (including phenoxy) is 2. The van der Waals surface area contributed by atoms with E-state index in [0.29, 0.717) is 31.6 Å². The van der Waals surface area contributed by atoms with Crippen molar-refractivity contribution in [3.8, 4) is 0 Å². The molecule has 0 spiro atoms. The maximum Gasteiger partial charge on any atom is 0.407 e. The molecule has 1 fully saturated rings. The molecule has 1 saturated heterocycles. The maximum absolute atomic E-state index is 13.5. The molecule has 0 aromatic carbocycles. The van der Waals surface area contributed by atoms with Crippen LogP contribution in [0.4, 0.5) is 4.79 Å². The van der Waals surface area contributed by atoms with Gasteiger partial charge in [-0.05, 0) is 58.4 Å². The van der Waals surface area contributed by atoms with Crippen LogP contribution in [0.2, 0.25) is 0 Å². The Kier molecular flexibility index (Phi) is 15.2. The highest BCUT2D eigenvalue weighted by molar-refractivity contribution is 8.76. The molecule has 2 aliphatic heterocycles. The highest BCUT2D eigenvalue weighted by Gasteiger charge is 2.32. The topological polar surface area (TPSA) is 181 Å². The van der Waals surface area contributed by atoms with E-state index in [4.69, 9.17) is 9.47 Å². The summed E-state index contributed by atoms with van der Waals surface area (Å²) in [6.07, 6.45) is 3.57. The molecule has 5 N–H and O–H groups in total. The predicted molar refractivity (Wildman–Crippen MR) is 165 cm³/mol. The lowest BCUT2D eigenvalue weighted by atomic mass is 10.0. The van der Waals surface area contributed by atoms with Crippen LogP contribution in [0.1, 0.15) is 66.7 Å². The number of fused-ring (bicyclic) bond motifs is 7. The van der Waals surface area contributed by atoms with Crippen molar-refractivity contribution in [2.75, 3.05) is 24.6 Å². The number of carbonyl (C=O) groups excluding carboxylic acids is 6. The van der Waals surface area contributed by atoms with Crippen molar-refractivity contribution in [2.24, 2.45) is 5.92 Å². The Morgan fingerprint density at radius 3 is 2.49 bits per heavy atom. The Bertz CT molecular complexity index is 1030. The van der Waals surface area contributed by atoms with Gasteiger partial charge < -0.3 is 36.1 Å². The van der Waals surface area contributed by atoms with Crippen LogP contribution in [0.5, 0.6) is 0 Å². The lowest BCUT2D eigenvalue weighted by Gasteiger charge is -2.27. The van der Waals surface area contributed by atoms with Gasteiger partial charge >= 0.3 is 12.1 Å². The lowest BCUT2D eigenvalue weighted by molar-refractivity contribution is -0.148. The normalized spacial score (nSPS) is 25.8. The van der Waals surface area contributed by atoms with E-state index >= 15 is 0 Å². The van der Waals surface area contributed by atoms with Crippen LogP contribution >= 0.6 is 21.6 Å². The van der Waals surface area contributed by atoms with Gasteiger partial charge in [0.05, 0.1) is 6.42 Å². The number of carbonyl (C=O) groups is 6. The van der Waals surface area contributed by atoms with Gasteiger partial charge in [0.2, 0.25) is 23.6 Å². The fraction of sp³-hybridized carbons (Fsp3) is 0.714. The Hall–Kier alpha value is -2.94. The van der Waals surface area contributed by atoms with E-state index in [1.165, 1.54) is 21.6 Å². The number of amides is 5. The molecular formula is C28H45N5O8S2. The molecule has 43 heavy (non-hydrogen) atoms. The SMILES string of the molecule is CC(C)[C@H]1NC(=O)[C@H]2CSSCC/C=C/C(CC(=O)N[C@H](CCCCNC(=O)OC(C)(C)C)C(=O)N2)OC(=O)CNC1=O. The van der Waals surface area contributed by atoms with E-state index in [1.54, 1.807) is 40.7 Å². The summed E-state index contributed by atoms with van der Waals surface area (Å²) in [4.78, 5) is 77.3. The fourth-order valence-corrected chi connectivity index (χ4v) is 6.25. The van der Waals surface area contributed by atoms with E-state index in [2.05, 4.69) is 26.6 Å². The molecule has 2 heterocycles. The highest BCUT2D eigenvalue weighted by atomic mass is 33.1. The molecule has 242 valence electrons. The van der Waals surface area contributed by atoms with Crippen LogP contribution in [0.3, 0.4) is 0 Å². The fourth-order valence-electron chi connectivity index (χ4n) is 4.09. The number of alkyl carbamates (subject to hydrolysis) is 1. The summed E-state index contributed by atoms with van der Waals surface area (Å²) in [6.45, 7) is 8.67. The molecule has 4 atom stereocenters. The third kappa shape index (κ3) is 14.4. The Balaban J connectivity index is 2.27. The molecule has 2 aliphatic rings. The number of hydrogen-bond donors (Lipinski definition) is 5. The summed E-state index contributed by atoms with van der Waals surface area (Å²) >= 11 is 0. The summed E-state index contributed by atoms with van der Waals surface area (Å²) in [5.74, 6) is -2.34. The van der Waals surface area contributed by atoms with Crippen molar-refractivity contribution >= 4 is 57.3 Å². The molecule has 5 amide bonds. The van der Waals surface area contributed by atoms with Gasteiger partial charge in [-0.3, -0.25) is 24.0 Å². The summed E-state index contributed by atoms with van der Waals surface area (Å²) < 4.78 is 10.7. The number of rotatable bonds is 6. The van der Waals surface area contributed by atoms with E-state index in [-0.39, 0.29) is 24.5 Å². The molecule has 0 saturated carbocycles. The molecule has 0 aromatic heterocycles. The summed E-state index contributed by atoms with van der Waals surface area (Å²) in [7, 11) is 2.92. The quantitative estimate of drug-likeness (QED) is 0.123. The predicted octanol–water partition coefficient (Wildman–Crippen LogP) is 1.56. The summed E-state index contributed by atoms with van der Waals surface area (Å²) in [6, 6.07) is -2.94. The minimum absolute atomic E-state index is 0.223. The average Bonchev–Trinajstić information content (AvgIpc) is 2.90. The third-order valence-corrected chi connectivity index (χ3v) is 8.68. The Morgan fingerprint density at radius 2 is 1.79 bits per heavy atom. The Morgan fingerprint density at radius 1 is 1.05 bits per heavy atom. The molecule has 0 aromatic rings. The second kappa shape index (κ2) is 18.0. The van der Waals surface area contributed by atoms with E-state index in [1.807, 2.05) is 6.08 Å². The van der Waals surface area contributed by atoms with Crippen LogP contribution in [-0.2, 0) is 33.4 Å². The molecule has 15 heteroatoms. The molecule has 2 bridgehead atoms. The first-order valence-corrected chi connectivity index (χ1v) is 17.0. The molecule has 0 aliphatic carbocycles. The zero-order chi connectivity index (χ0) is 32.0. The zero-order valence-corrected chi connectivity index (χ0v) is 27.1. The summed E-state index contributed by atoms with van der Waals surface area (Å²) in [5.41, 5.74) is -0.629. The van der Waals surface area contributed by atoms with E-state index < -0.39 is 72.1 Å². The standard InChI is InChI=1S/C28H45N5O8S2/c1-17(2)23-26(38)30-15-22(35)40-18-10-7-9-13-42-43-16-20(25(37)33-23)32-24(36)19(31-21(34)14-18)11-6-8-12-29-27(39)41-28(3,4)5/h7,10,17-20,23H,6,8-9,11-16H2,1-5H3,(H,29,39)(H,30,38)(H,31,34)(H,32,36)(H,33,37)/b10-7+/t18?,19-,20-,23-/m1/s1. The first kappa shape index (κ1) is 36.3. The largest absolute Gasteiger partial charge is 0.456 e.